The SMILES string of the molecule is CC(C)CN(C(=O)c1ccc(F)cc1F)c1cccc(N(C)Cc2cn(COCC[Si](C)(C)C)cn2)c1. The zero-order valence-electron chi connectivity index (χ0n) is 22.7. The fourth-order valence-electron chi connectivity index (χ4n) is 3.82. The lowest BCUT2D eigenvalue weighted by Crippen LogP contribution is -2.35. The molecule has 0 fully saturated rings. The van der Waals surface area contributed by atoms with E-state index in [1.807, 2.05) is 60.8 Å². The highest BCUT2D eigenvalue weighted by atomic mass is 28.3. The first-order valence-corrected chi connectivity index (χ1v) is 16.3. The average Bonchev–Trinajstić information content (AvgIpc) is 3.26. The largest absolute Gasteiger partial charge is 0.369 e. The highest BCUT2D eigenvalue weighted by Crippen LogP contribution is 2.26. The van der Waals surface area contributed by atoms with Crippen molar-refractivity contribution >= 4 is 25.4 Å². The minimum Gasteiger partial charge on any atom is -0.369 e. The minimum atomic E-state index is -1.12. The van der Waals surface area contributed by atoms with Crippen LogP contribution in [-0.4, -0.2) is 43.7 Å². The van der Waals surface area contributed by atoms with Gasteiger partial charge in [0.25, 0.3) is 5.91 Å². The van der Waals surface area contributed by atoms with Gasteiger partial charge in [0.2, 0.25) is 0 Å². The molecule has 2 aromatic carbocycles. The molecular formula is C28H38F2N4O2Si. The van der Waals surface area contributed by atoms with Crippen molar-refractivity contribution in [2.24, 2.45) is 5.92 Å². The molecule has 0 saturated heterocycles. The molecule has 1 amide bonds. The Bertz CT molecular complexity index is 1190. The lowest BCUT2D eigenvalue weighted by atomic mass is 10.1. The third kappa shape index (κ3) is 8.50. The van der Waals surface area contributed by atoms with Crippen molar-refractivity contribution in [3.8, 4) is 0 Å². The van der Waals surface area contributed by atoms with Crippen LogP contribution in [0.25, 0.3) is 0 Å². The van der Waals surface area contributed by atoms with Gasteiger partial charge < -0.3 is 19.1 Å². The van der Waals surface area contributed by atoms with Crippen LogP contribution < -0.4 is 9.80 Å². The molecule has 0 radical (unpaired) electrons. The molecule has 0 atom stereocenters. The van der Waals surface area contributed by atoms with E-state index in [0.717, 1.165) is 36.2 Å². The molecule has 0 N–H and O–H groups in total. The summed E-state index contributed by atoms with van der Waals surface area (Å²) in [6, 6.07) is 11.7. The molecule has 0 aliphatic rings. The number of hydrogen-bond donors (Lipinski definition) is 0. The Labute approximate surface area is 219 Å². The molecule has 3 rings (SSSR count). The molecule has 1 aromatic heterocycles. The van der Waals surface area contributed by atoms with Crippen LogP contribution in [0, 0.1) is 17.6 Å². The summed E-state index contributed by atoms with van der Waals surface area (Å²) in [5, 5.41) is 0. The predicted octanol–water partition coefficient (Wildman–Crippen LogP) is 6.41. The van der Waals surface area contributed by atoms with Crippen molar-refractivity contribution in [3.05, 3.63) is 77.9 Å². The average molecular weight is 529 g/mol. The number of rotatable bonds is 12. The lowest BCUT2D eigenvalue weighted by molar-refractivity contribution is 0.0871. The molecular weight excluding hydrogens is 490 g/mol. The Balaban J connectivity index is 1.71. The zero-order valence-corrected chi connectivity index (χ0v) is 23.7. The van der Waals surface area contributed by atoms with Gasteiger partial charge in [-0.1, -0.05) is 39.6 Å². The summed E-state index contributed by atoms with van der Waals surface area (Å²) in [7, 11) is 0.837. The van der Waals surface area contributed by atoms with Crippen LogP contribution in [0.1, 0.15) is 29.9 Å². The molecule has 0 unspecified atom stereocenters. The first-order valence-electron chi connectivity index (χ1n) is 12.6. The van der Waals surface area contributed by atoms with Gasteiger partial charge in [0.1, 0.15) is 18.4 Å². The maximum atomic E-state index is 14.4. The Morgan fingerprint density at radius 1 is 1.11 bits per heavy atom. The predicted molar refractivity (Wildman–Crippen MR) is 148 cm³/mol. The second kappa shape index (κ2) is 12.5. The number of carbonyl (C=O) groups excluding carboxylic acids is 1. The van der Waals surface area contributed by atoms with Crippen molar-refractivity contribution in [3.63, 3.8) is 0 Å². The van der Waals surface area contributed by atoms with Gasteiger partial charge in [-0.15, -0.1) is 0 Å². The summed E-state index contributed by atoms with van der Waals surface area (Å²) in [6.45, 7) is 13.2. The van der Waals surface area contributed by atoms with Crippen LogP contribution in [-0.2, 0) is 18.0 Å². The number of anilines is 2. The smallest absolute Gasteiger partial charge is 0.261 e. The third-order valence-electron chi connectivity index (χ3n) is 5.86. The van der Waals surface area contributed by atoms with Crippen molar-refractivity contribution in [2.75, 3.05) is 30.0 Å². The molecule has 0 spiro atoms. The quantitative estimate of drug-likeness (QED) is 0.201. The molecule has 1 heterocycles. The number of nitrogens with zero attached hydrogens (tertiary/aromatic N) is 4. The van der Waals surface area contributed by atoms with E-state index in [0.29, 0.717) is 25.5 Å². The third-order valence-corrected chi connectivity index (χ3v) is 7.56. The summed E-state index contributed by atoms with van der Waals surface area (Å²) in [5.41, 5.74) is 2.27. The standard InChI is InChI=1S/C28H38F2N4O2Si/c1-21(2)16-34(28(35)26-11-10-22(29)14-27(26)30)25-9-7-8-24(15-25)32(3)17-23-18-33(19-31-23)20-36-12-13-37(4,5)6/h7-11,14-15,18-19,21H,12-13,16-17,20H2,1-6H3. The van der Waals surface area contributed by atoms with Crippen molar-refractivity contribution < 1.29 is 18.3 Å². The summed E-state index contributed by atoms with van der Waals surface area (Å²) in [4.78, 5) is 21.4. The van der Waals surface area contributed by atoms with Gasteiger partial charge in [0.15, 0.2) is 0 Å². The fraction of sp³-hybridized carbons (Fsp3) is 0.429. The molecule has 3 aromatic rings. The molecule has 0 aliphatic carbocycles. The van der Waals surface area contributed by atoms with E-state index in [1.165, 1.54) is 6.07 Å². The Kier molecular flexibility index (Phi) is 9.61. The summed E-state index contributed by atoms with van der Waals surface area (Å²) in [6.07, 6.45) is 3.75. The summed E-state index contributed by atoms with van der Waals surface area (Å²) in [5.74, 6) is -1.94. The van der Waals surface area contributed by atoms with Crippen LogP contribution in [0.4, 0.5) is 20.2 Å². The molecule has 0 bridgehead atoms. The van der Waals surface area contributed by atoms with E-state index in [9.17, 15) is 13.6 Å². The van der Waals surface area contributed by atoms with Crippen LogP contribution in [0.5, 0.6) is 0 Å². The summed E-state index contributed by atoms with van der Waals surface area (Å²) >= 11 is 0. The number of aromatic nitrogens is 2. The number of imidazole rings is 1. The van der Waals surface area contributed by atoms with Crippen LogP contribution in [0.3, 0.4) is 0 Å². The lowest BCUT2D eigenvalue weighted by Gasteiger charge is -2.27. The number of carbonyl (C=O) groups is 1. The Hall–Kier alpha value is -3.04. The van der Waals surface area contributed by atoms with Crippen molar-refractivity contribution in [1.82, 2.24) is 9.55 Å². The van der Waals surface area contributed by atoms with Gasteiger partial charge in [-0.3, -0.25) is 4.79 Å². The van der Waals surface area contributed by atoms with Gasteiger partial charge >= 0.3 is 0 Å². The topological polar surface area (TPSA) is 50.6 Å². The number of hydrogen-bond acceptors (Lipinski definition) is 4. The van der Waals surface area contributed by atoms with E-state index in [2.05, 4.69) is 24.6 Å². The van der Waals surface area contributed by atoms with Gasteiger partial charge in [-0.05, 0) is 42.3 Å². The molecule has 6 nitrogen and oxygen atoms in total. The number of halogens is 2. The maximum absolute atomic E-state index is 14.4. The van der Waals surface area contributed by atoms with E-state index in [1.54, 1.807) is 11.2 Å². The molecule has 200 valence electrons. The monoisotopic (exact) mass is 528 g/mol. The molecule has 0 aliphatic heterocycles. The number of benzene rings is 2. The van der Waals surface area contributed by atoms with Crippen molar-refractivity contribution in [2.45, 2.75) is 52.8 Å². The first-order chi connectivity index (χ1) is 17.4. The van der Waals surface area contributed by atoms with E-state index in [4.69, 9.17) is 4.74 Å². The molecule has 37 heavy (non-hydrogen) atoms. The first kappa shape index (κ1) is 28.5. The molecule has 9 heteroatoms. The Morgan fingerprint density at radius 2 is 1.84 bits per heavy atom. The second-order valence-electron chi connectivity index (χ2n) is 11.0. The van der Waals surface area contributed by atoms with E-state index < -0.39 is 25.6 Å². The van der Waals surface area contributed by atoms with Gasteiger partial charge in [0.05, 0.1) is 24.1 Å². The van der Waals surface area contributed by atoms with Gasteiger partial charge in [0, 0.05) is 51.9 Å². The van der Waals surface area contributed by atoms with Gasteiger partial charge in [-0.25, -0.2) is 13.8 Å². The Morgan fingerprint density at radius 3 is 2.51 bits per heavy atom. The maximum Gasteiger partial charge on any atom is 0.261 e. The van der Waals surface area contributed by atoms with Crippen LogP contribution in [0.15, 0.2) is 55.0 Å². The summed E-state index contributed by atoms with van der Waals surface area (Å²) < 4.78 is 35.5. The molecule has 0 saturated carbocycles. The number of ether oxygens (including phenoxy) is 1. The van der Waals surface area contributed by atoms with Crippen molar-refractivity contribution in [1.29, 1.82) is 0 Å². The normalized spacial score (nSPS) is 11.7. The van der Waals surface area contributed by atoms with Crippen LogP contribution >= 0.6 is 0 Å². The van der Waals surface area contributed by atoms with Gasteiger partial charge in [-0.2, -0.15) is 0 Å². The van der Waals surface area contributed by atoms with E-state index in [-0.39, 0.29) is 11.5 Å². The minimum absolute atomic E-state index is 0.144. The highest BCUT2D eigenvalue weighted by Gasteiger charge is 2.23. The highest BCUT2D eigenvalue weighted by molar-refractivity contribution is 6.76. The van der Waals surface area contributed by atoms with E-state index >= 15 is 0 Å². The zero-order chi connectivity index (χ0) is 27.2. The van der Waals surface area contributed by atoms with Crippen LogP contribution in [0.2, 0.25) is 25.7 Å². The second-order valence-corrected chi connectivity index (χ2v) is 16.7. The number of amides is 1. The fourth-order valence-corrected chi connectivity index (χ4v) is 4.58.